The van der Waals surface area contributed by atoms with Gasteiger partial charge in [-0.15, -0.1) is 10.2 Å². The molecular weight excluding hydrogens is 288 g/mol. The standard InChI is InChI=1S/C18H24N4O/c1-3-22(4-2)17-13-12-16(20-21-17)18(23)19-14-8-11-15-9-6-5-7-10-15/h5-7,9-10,12-13H,3-4,8,11,14H2,1-2H3,(H,19,23). The normalized spacial score (nSPS) is 10.3. The number of carbonyl (C=O) groups is 1. The fourth-order valence-corrected chi connectivity index (χ4v) is 2.39. The minimum Gasteiger partial charge on any atom is -0.356 e. The van der Waals surface area contributed by atoms with Crippen LogP contribution in [-0.2, 0) is 6.42 Å². The van der Waals surface area contributed by atoms with Crippen molar-refractivity contribution in [3.05, 3.63) is 53.7 Å². The van der Waals surface area contributed by atoms with Gasteiger partial charge in [-0.1, -0.05) is 30.3 Å². The molecule has 122 valence electrons. The van der Waals surface area contributed by atoms with Crippen molar-refractivity contribution in [3.63, 3.8) is 0 Å². The van der Waals surface area contributed by atoms with Crippen molar-refractivity contribution in [2.45, 2.75) is 26.7 Å². The largest absolute Gasteiger partial charge is 0.356 e. The Labute approximate surface area is 137 Å². The van der Waals surface area contributed by atoms with E-state index < -0.39 is 0 Å². The van der Waals surface area contributed by atoms with Crippen molar-refractivity contribution in [2.75, 3.05) is 24.5 Å². The SMILES string of the molecule is CCN(CC)c1ccc(C(=O)NCCCc2ccccc2)nn1. The van der Waals surface area contributed by atoms with Gasteiger partial charge >= 0.3 is 0 Å². The van der Waals surface area contributed by atoms with Crippen LogP contribution in [0.25, 0.3) is 0 Å². The van der Waals surface area contributed by atoms with Crippen molar-refractivity contribution >= 4 is 11.7 Å². The summed E-state index contributed by atoms with van der Waals surface area (Å²) in [6, 6.07) is 13.8. The van der Waals surface area contributed by atoms with Gasteiger partial charge in [-0.3, -0.25) is 4.79 Å². The highest BCUT2D eigenvalue weighted by molar-refractivity contribution is 5.92. The van der Waals surface area contributed by atoms with E-state index in [1.807, 2.05) is 24.3 Å². The third-order valence-corrected chi connectivity index (χ3v) is 3.74. The summed E-state index contributed by atoms with van der Waals surface area (Å²) in [6.07, 6.45) is 1.86. The highest BCUT2D eigenvalue weighted by Gasteiger charge is 2.09. The molecule has 1 amide bonds. The third kappa shape index (κ3) is 5.06. The molecule has 0 radical (unpaired) electrons. The Hall–Kier alpha value is -2.43. The molecule has 0 atom stereocenters. The molecule has 0 saturated carbocycles. The van der Waals surface area contributed by atoms with Crippen LogP contribution in [-0.4, -0.2) is 35.7 Å². The van der Waals surface area contributed by atoms with Gasteiger partial charge in [-0.05, 0) is 44.4 Å². The fraction of sp³-hybridized carbons (Fsp3) is 0.389. The molecule has 23 heavy (non-hydrogen) atoms. The zero-order valence-corrected chi connectivity index (χ0v) is 13.8. The molecule has 2 rings (SSSR count). The first kappa shape index (κ1) is 16.9. The van der Waals surface area contributed by atoms with Crippen LogP contribution >= 0.6 is 0 Å². The lowest BCUT2D eigenvalue weighted by Gasteiger charge is -2.18. The average Bonchev–Trinajstić information content (AvgIpc) is 2.61. The molecule has 1 aromatic carbocycles. The van der Waals surface area contributed by atoms with E-state index in [9.17, 15) is 4.79 Å². The number of hydrogen-bond acceptors (Lipinski definition) is 4. The highest BCUT2D eigenvalue weighted by atomic mass is 16.1. The second-order valence-electron chi connectivity index (χ2n) is 5.29. The van der Waals surface area contributed by atoms with Crippen LogP contribution in [0.3, 0.4) is 0 Å². The van der Waals surface area contributed by atoms with Crippen molar-refractivity contribution < 1.29 is 4.79 Å². The molecular formula is C18H24N4O. The molecule has 0 aliphatic heterocycles. The molecule has 0 spiro atoms. The highest BCUT2D eigenvalue weighted by Crippen LogP contribution is 2.08. The number of anilines is 1. The van der Waals surface area contributed by atoms with Crippen LogP contribution in [0.4, 0.5) is 5.82 Å². The maximum absolute atomic E-state index is 12.0. The topological polar surface area (TPSA) is 58.1 Å². The van der Waals surface area contributed by atoms with E-state index in [0.29, 0.717) is 12.2 Å². The Bertz CT molecular complexity index is 594. The number of rotatable bonds is 8. The predicted molar refractivity (Wildman–Crippen MR) is 92.7 cm³/mol. The van der Waals surface area contributed by atoms with Gasteiger partial charge in [-0.2, -0.15) is 0 Å². The monoisotopic (exact) mass is 312 g/mol. The number of benzene rings is 1. The predicted octanol–water partition coefficient (Wildman–Crippen LogP) is 2.69. The van der Waals surface area contributed by atoms with Crippen molar-refractivity contribution in [2.24, 2.45) is 0 Å². The first-order valence-electron chi connectivity index (χ1n) is 8.15. The Morgan fingerprint density at radius 2 is 1.78 bits per heavy atom. The summed E-state index contributed by atoms with van der Waals surface area (Å²) in [5.41, 5.74) is 1.64. The second-order valence-corrected chi connectivity index (χ2v) is 5.29. The summed E-state index contributed by atoms with van der Waals surface area (Å²) in [6.45, 7) is 6.51. The van der Waals surface area contributed by atoms with Crippen molar-refractivity contribution in [3.8, 4) is 0 Å². The number of carbonyl (C=O) groups excluding carboxylic acids is 1. The van der Waals surface area contributed by atoms with Gasteiger partial charge in [-0.25, -0.2) is 0 Å². The zero-order valence-electron chi connectivity index (χ0n) is 13.8. The lowest BCUT2D eigenvalue weighted by Crippen LogP contribution is -2.27. The van der Waals surface area contributed by atoms with E-state index in [2.05, 4.69) is 46.4 Å². The minimum absolute atomic E-state index is 0.170. The minimum atomic E-state index is -0.170. The second kappa shape index (κ2) is 8.88. The molecule has 2 aromatic rings. The molecule has 0 unspecified atom stereocenters. The van der Waals surface area contributed by atoms with E-state index >= 15 is 0 Å². The Morgan fingerprint density at radius 3 is 2.39 bits per heavy atom. The summed E-state index contributed by atoms with van der Waals surface area (Å²) in [7, 11) is 0. The zero-order chi connectivity index (χ0) is 16.5. The first-order valence-corrected chi connectivity index (χ1v) is 8.15. The molecule has 5 nitrogen and oxygen atoms in total. The molecule has 0 aliphatic carbocycles. The maximum Gasteiger partial charge on any atom is 0.271 e. The number of aryl methyl sites for hydroxylation is 1. The molecule has 1 aromatic heterocycles. The van der Waals surface area contributed by atoms with Crippen LogP contribution in [0, 0.1) is 0 Å². The third-order valence-electron chi connectivity index (χ3n) is 3.74. The Balaban J connectivity index is 1.79. The molecule has 1 N–H and O–H groups in total. The summed E-state index contributed by atoms with van der Waals surface area (Å²) in [5, 5.41) is 11.1. The van der Waals surface area contributed by atoms with Crippen LogP contribution in [0.1, 0.15) is 36.3 Å². The smallest absolute Gasteiger partial charge is 0.271 e. The lowest BCUT2D eigenvalue weighted by atomic mass is 10.1. The molecule has 5 heteroatoms. The Morgan fingerprint density at radius 1 is 1.04 bits per heavy atom. The lowest BCUT2D eigenvalue weighted by molar-refractivity contribution is 0.0947. The van der Waals surface area contributed by atoms with Gasteiger partial charge in [0.05, 0.1) is 0 Å². The Kier molecular flexibility index (Phi) is 6.54. The van der Waals surface area contributed by atoms with E-state index in [-0.39, 0.29) is 5.91 Å². The van der Waals surface area contributed by atoms with E-state index in [1.54, 1.807) is 6.07 Å². The van der Waals surface area contributed by atoms with Crippen molar-refractivity contribution in [1.29, 1.82) is 0 Å². The molecule has 0 fully saturated rings. The molecule has 0 aliphatic rings. The fourth-order valence-electron chi connectivity index (χ4n) is 2.39. The van der Waals surface area contributed by atoms with Crippen LogP contribution in [0.5, 0.6) is 0 Å². The van der Waals surface area contributed by atoms with E-state index in [4.69, 9.17) is 0 Å². The van der Waals surface area contributed by atoms with Gasteiger partial charge in [0.2, 0.25) is 0 Å². The number of nitrogens with one attached hydrogen (secondary N) is 1. The first-order chi connectivity index (χ1) is 11.2. The maximum atomic E-state index is 12.0. The van der Waals surface area contributed by atoms with Gasteiger partial charge in [0, 0.05) is 19.6 Å². The summed E-state index contributed by atoms with van der Waals surface area (Å²) in [5.74, 6) is 0.632. The van der Waals surface area contributed by atoms with E-state index in [1.165, 1.54) is 5.56 Å². The van der Waals surface area contributed by atoms with Crippen LogP contribution < -0.4 is 10.2 Å². The average molecular weight is 312 g/mol. The number of nitrogens with zero attached hydrogens (tertiary/aromatic N) is 3. The molecule has 0 bridgehead atoms. The van der Waals surface area contributed by atoms with Gasteiger partial charge in [0.25, 0.3) is 5.91 Å². The number of amides is 1. The van der Waals surface area contributed by atoms with E-state index in [0.717, 1.165) is 31.7 Å². The summed E-state index contributed by atoms with van der Waals surface area (Å²) in [4.78, 5) is 14.1. The summed E-state index contributed by atoms with van der Waals surface area (Å²) >= 11 is 0. The van der Waals surface area contributed by atoms with Crippen LogP contribution in [0.2, 0.25) is 0 Å². The van der Waals surface area contributed by atoms with Gasteiger partial charge in [0.15, 0.2) is 11.5 Å². The quantitative estimate of drug-likeness (QED) is 0.761. The number of hydrogen-bond donors (Lipinski definition) is 1. The summed E-state index contributed by atoms with van der Waals surface area (Å²) < 4.78 is 0. The van der Waals surface area contributed by atoms with Gasteiger partial charge < -0.3 is 10.2 Å². The van der Waals surface area contributed by atoms with Crippen LogP contribution in [0.15, 0.2) is 42.5 Å². The molecule has 0 saturated heterocycles. The van der Waals surface area contributed by atoms with Gasteiger partial charge in [0.1, 0.15) is 0 Å². The number of aromatic nitrogens is 2. The van der Waals surface area contributed by atoms with Crippen molar-refractivity contribution in [1.82, 2.24) is 15.5 Å². The molecule has 1 heterocycles.